The molecule has 0 bridgehead atoms. The van der Waals surface area contributed by atoms with Gasteiger partial charge in [0, 0.05) is 0 Å². The molecule has 0 rings (SSSR count). The quantitative estimate of drug-likeness (QED) is 0.169. The van der Waals surface area contributed by atoms with Crippen LogP contribution in [0.15, 0.2) is 11.3 Å². The minimum atomic E-state index is -5.14. The summed E-state index contributed by atoms with van der Waals surface area (Å²) in [5, 5.41) is 17.4. The van der Waals surface area contributed by atoms with Gasteiger partial charge in [-0.15, -0.1) is 0 Å². The van der Waals surface area contributed by atoms with Crippen LogP contribution in [0.3, 0.4) is 0 Å². The second kappa shape index (κ2) is 12.7. The number of ether oxygens (including phenoxy) is 1. The van der Waals surface area contributed by atoms with E-state index in [1.807, 2.05) is 0 Å². The van der Waals surface area contributed by atoms with Crippen LogP contribution >= 0.6 is 0 Å². The molecule has 24 heavy (non-hydrogen) atoms. The van der Waals surface area contributed by atoms with Gasteiger partial charge in [0.25, 0.3) is 0 Å². The minimum Gasteiger partial charge on any atom is -0.503 e. The Bertz CT molecular complexity index is 439. The summed E-state index contributed by atoms with van der Waals surface area (Å²) in [6.45, 7) is 2.11. The van der Waals surface area contributed by atoms with Crippen LogP contribution in [0.5, 0.6) is 0 Å². The van der Waals surface area contributed by atoms with Crippen LogP contribution in [-0.2, 0) is 9.53 Å². The summed E-state index contributed by atoms with van der Waals surface area (Å²) in [7, 11) is 0. The van der Waals surface area contributed by atoms with E-state index in [2.05, 4.69) is 11.7 Å². The molecule has 0 aliphatic heterocycles. The summed E-state index contributed by atoms with van der Waals surface area (Å²) in [6, 6.07) is 1.03. The Labute approximate surface area is 141 Å². The number of aliphatic hydroxyl groups excluding tert-OH is 1. The van der Waals surface area contributed by atoms with E-state index in [4.69, 9.17) is 10.4 Å². The first-order valence-electron chi connectivity index (χ1n) is 8.42. The molecule has 0 saturated carbocycles. The number of esters is 1. The molecule has 0 aromatic heterocycles. The number of nitriles is 1. The molecule has 0 aliphatic rings. The summed E-state index contributed by atoms with van der Waals surface area (Å²) in [6.07, 6.45) is 5.62. The van der Waals surface area contributed by atoms with Crippen molar-refractivity contribution >= 4 is 5.97 Å². The molecular weight excluding hydrogens is 323 g/mol. The zero-order valence-electron chi connectivity index (χ0n) is 14.1. The number of aliphatic hydroxyl groups is 1. The zero-order chi connectivity index (χ0) is 18.4. The van der Waals surface area contributed by atoms with E-state index in [0.29, 0.717) is 6.42 Å². The van der Waals surface area contributed by atoms with Crippen molar-refractivity contribution in [2.75, 3.05) is 6.61 Å². The molecule has 0 radical (unpaired) electrons. The average Bonchev–Trinajstić information content (AvgIpc) is 2.52. The van der Waals surface area contributed by atoms with E-state index in [1.165, 1.54) is 32.1 Å². The van der Waals surface area contributed by atoms with Gasteiger partial charge in [0.05, 0.1) is 6.61 Å². The number of hydrogen-bond acceptors (Lipinski definition) is 4. The van der Waals surface area contributed by atoms with Crippen LogP contribution in [0, 0.1) is 11.3 Å². The Hall–Kier alpha value is -1.71. The Kier molecular flexibility index (Phi) is 11.8. The lowest BCUT2D eigenvalue weighted by Crippen LogP contribution is -2.19. The molecule has 0 fully saturated rings. The lowest BCUT2D eigenvalue weighted by Gasteiger charge is -2.08. The number of carbonyl (C=O) groups is 1. The van der Waals surface area contributed by atoms with E-state index >= 15 is 0 Å². The lowest BCUT2D eigenvalue weighted by molar-refractivity contribution is -0.142. The van der Waals surface area contributed by atoms with Gasteiger partial charge in [0.2, 0.25) is 5.76 Å². The van der Waals surface area contributed by atoms with E-state index in [-0.39, 0.29) is 6.61 Å². The average molecular weight is 349 g/mol. The number of unbranched alkanes of at least 4 members (excludes halogenated alkanes) is 9. The number of hydrogen-bond donors (Lipinski definition) is 1. The molecule has 0 atom stereocenters. The molecule has 7 heteroatoms. The monoisotopic (exact) mass is 349 g/mol. The summed E-state index contributed by atoms with van der Waals surface area (Å²) in [5.41, 5.74) is -1.41. The van der Waals surface area contributed by atoms with Gasteiger partial charge in [0.15, 0.2) is 5.57 Å². The molecule has 0 aliphatic carbocycles. The van der Waals surface area contributed by atoms with E-state index in [9.17, 15) is 18.0 Å². The summed E-state index contributed by atoms with van der Waals surface area (Å²) < 4.78 is 41.3. The van der Waals surface area contributed by atoms with Crippen LogP contribution in [0.25, 0.3) is 0 Å². The summed E-state index contributed by atoms with van der Waals surface area (Å²) in [4.78, 5) is 11.4. The highest BCUT2D eigenvalue weighted by Crippen LogP contribution is 2.26. The molecular formula is C17H26F3NO3. The van der Waals surface area contributed by atoms with Gasteiger partial charge in [-0.25, -0.2) is 4.79 Å². The smallest absolute Gasteiger partial charge is 0.450 e. The lowest BCUT2D eigenvalue weighted by atomic mass is 10.1. The molecule has 0 saturated heterocycles. The number of allylic oxidation sites excluding steroid dienone is 1. The largest absolute Gasteiger partial charge is 0.503 e. The van der Waals surface area contributed by atoms with Gasteiger partial charge in [-0.3, -0.25) is 0 Å². The normalized spacial score (nSPS) is 12.5. The maximum absolute atomic E-state index is 12.2. The van der Waals surface area contributed by atoms with Gasteiger partial charge in [0.1, 0.15) is 6.07 Å². The van der Waals surface area contributed by atoms with Gasteiger partial charge < -0.3 is 9.84 Å². The second-order valence-electron chi connectivity index (χ2n) is 5.65. The van der Waals surface area contributed by atoms with Crippen LogP contribution in [0.2, 0.25) is 0 Å². The first-order chi connectivity index (χ1) is 11.3. The van der Waals surface area contributed by atoms with E-state index < -0.39 is 23.5 Å². The Morgan fingerprint density at radius 2 is 1.46 bits per heavy atom. The van der Waals surface area contributed by atoms with Crippen LogP contribution in [0.4, 0.5) is 13.2 Å². The highest BCUT2D eigenvalue weighted by atomic mass is 19.4. The molecule has 138 valence electrons. The van der Waals surface area contributed by atoms with Crippen LogP contribution < -0.4 is 0 Å². The topological polar surface area (TPSA) is 70.3 Å². The molecule has 0 heterocycles. The Morgan fingerprint density at radius 1 is 1.00 bits per heavy atom. The van der Waals surface area contributed by atoms with Gasteiger partial charge >= 0.3 is 12.1 Å². The molecule has 0 amide bonds. The third-order valence-corrected chi connectivity index (χ3v) is 3.55. The van der Waals surface area contributed by atoms with Crippen molar-refractivity contribution in [2.45, 2.75) is 77.3 Å². The molecule has 0 aromatic rings. The van der Waals surface area contributed by atoms with Crippen molar-refractivity contribution in [3.05, 3.63) is 11.3 Å². The maximum Gasteiger partial charge on any atom is 0.450 e. The van der Waals surface area contributed by atoms with Gasteiger partial charge in [-0.05, 0) is 6.42 Å². The van der Waals surface area contributed by atoms with E-state index in [0.717, 1.165) is 31.8 Å². The maximum atomic E-state index is 12.2. The second-order valence-corrected chi connectivity index (χ2v) is 5.65. The summed E-state index contributed by atoms with van der Waals surface area (Å²) >= 11 is 0. The number of rotatable bonds is 12. The predicted molar refractivity (Wildman–Crippen MR) is 84.1 cm³/mol. The molecule has 1 N–H and O–H groups in total. The first kappa shape index (κ1) is 22.3. The van der Waals surface area contributed by atoms with Crippen molar-refractivity contribution in [3.63, 3.8) is 0 Å². The van der Waals surface area contributed by atoms with Crippen molar-refractivity contribution in [3.8, 4) is 6.07 Å². The highest BCUT2D eigenvalue weighted by molar-refractivity contribution is 5.93. The van der Waals surface area contributed by atoms with Crippen molar-refractivity contribution < 1.29 is 27.8 Å². The zero-order valence-corrected chi connectivity index (χ0v) is 14.1. The standard InChI is InChI=1S/C17H26F3NO3/c1-2-3-4-5-6-7-8-9-10-11-12-24-16(23)14(13-21)15(22)17(18,19)20/h22H,2-12H2,1H3. The fourth-order valence-electron chi connectivity index (χ4n) is 2.16. The third kappa shape index (κ3) is 10.1. The van der Waals surface area contributed by atoms with Crippen molar-refractivity contribution in [1.29, 1.82) is 5.26 Å². The van der Waals surface area contributed by atoms with Crippen LogP contribution in [0.1, 0.15) is 71.1 Å². The fourth-order valence-corrected chi connectivity index (χ4v) is 2.16. The predicted octanol–water partition coefficient (Wildman–Crippen LogP) is 5.35. The van der Waals surface area contributed by atoms with Crippen molar-refractivity contribution in [1.82, 2.24) is 0 Å². The van der Waals surface area contributed by atoms with Gasteiger partial charge in [-0.2, -0.15) is 18.4 Å². The summed E-state index contributed by atoms with van der Waals surface area (Å²) in [5.74, 6) is -3.65. The van der Waals surface area contributed by atoms with Gasteiger partial charge in [-0.1, -0.05) is 64.7 Å². The fraction of sp³-hybridized carbons (Fsp3) is 0.765. The minimum absolute atomic E-state index is 0.0638. The molecule has 0 spiro atoms. The number of carbonyl (C=O) groups excluding carboxylic acids is 1. The highest BCUT2D eigenvalue weighted by Gasteiger charge is 2.39. The SMILES string of the molecule is CCCCCCCCCCCCOC(=O)C(C#N)=C(O)C(F)(F)F. The van der Waals surface area contributed by atoms with E-state index in [1.54, 1.807) is 0 Å². The first-order valence-corrected chi connectivity index (χ1v) is 8.42. The Balaban J connectivity index is 3.82. The molecule has 0 unspecified atom stereocenters. The molecule has 4 nitrogen and oxygen atoms in total. The number of nitrogens with zero attached hydrogens (tertiary/aromatic N) is 1. The molecule has 0 aromatic carbocycles. The van der Waals surface area contributed by atoms with Crippen LogP contribution in [-0.4, -0.2) is 23.9 Å². The number of alkyl halides is 3. The van der Waals surface area contributed by atoms with Crippen molar-refractivity contribution in [2.24, 2.45) is 0 Å². The third-order valence-electron chi connectivity index (χ3n) is 3.55. The Morgan fingerprint density at radius 3 is 1.88 bits per heavy atom. The number of halogens is 3.